The first-order chi connectivity index (χ1) is 8.74. The minimum Gasteiger partial charge on any atom is -0.366 e. The normalized spacial score (nSPS) is 24.4. The maximum Gasteiger partial charge on any atom is 0.134 e. The van der Waals surface area contributed by atoms with Crippen LogP contribution in [0.4, 0.5) is 5.82 Å². The fraction of sp³-hybridized carbons (Fsp3) is 0.692. The number of nitrogens with zero attached hydrogens (tertiary/aromatic N) is 3. The van der Waals surface area contributed by atoms with Crippen LogP contribution in [0.2, 0.25) is 5.15 Å². The standard InChI is InChI=1S/C13H19ClN4/c1-2-12-16-11(14)7-13(17-12)15-9-5-6-18(8-9)10-3-4-10/h7,9-10H,2-6,8H2,1H3,(H,15,16,17). The van der Waals surface area contributed by atoms with Crippen LogP contribution in [0.1, 0.15) is 32.0 Å². The van der Waals surface area contributed by atoms with Crippen LogP contribution in [0, 0.1) is 0 Å². The van der Waals surface area contributed by atoms with Crippen LogP contribution < -0.4 is 5.32 Å². The van der Waals surface area contributed by atoms with Gasteiger partial charge in [0.2, 0.25) is 0 Å². The smallest absolute Gasteiger partial charge is 0.134 e. The van der Waals surface area contributed by atoms with Gasteiger partial charge in [-0.05, 0) is 19.3 Å². The predicted octanol–water partition coefficient (Wildman–Crippen LogP) is 2.34. The third-order valence-corrected chi connectivity index (χ3v) is 3.89. The topological polar surface area (TPSA) is 41.1 Å². The lowest BCUT2D eigenvalue weighted by atomic mass is 10.2. The van der Waals surface area contributed by atoms with Crippen molar-refractivity contribution in [2.75, 3.05) is 18.4 Å². The van der Waals surface area contributed by atoms with Crippen LogP contribution in [0.5, 0.6) is 0 Å². The zero-order chi connectivity index (χ0) is 12.5. The lowest BCUT2D eigenvalue weighted by Gasteiger charge is -2.16. The summed E-state index contributed by atoms with van der Waals surface area (Å²) in [6.07, 6.45) is 4.77. The summed E-state index contributed by atoms with van der Waals surface area (Å²) < 4.78 is 0. The maximum absolute atomic E-state index is 6.00. The molecule has 0 spiro atoms. The van der Waals surface area contributed by atoms with Crippen molar-refractivity contribution in [1.82, 2.24) is 14.9 Å². The Labute approximate surface area is 113 Å². The van der Waals surface area contributed by atoms with E-state index in [1.54, 1.807) is 0 Å². The van der Waals surface area contributed by atoms with Gasteiger partial charge in [-0.15, -0.1) is 0 Å². The average Bonchev–Trinajstić information content (AvgIpc) is 3.10. The molecule has 1 saturated heterocycles. The Morgan fingerprint density at radius 3 is 2.94 bits per heavy atom. The largest absolute Gasteiger partial charge is 0.366 e. The molecule has 2 aliphatic rings. The van der Waals surface area contributed by atoms with Gasteiger partial charge in [0.25, 0.3) is 0 Å². The highest BCUT2D eigenvalue weighted by atomic mass is 35.5. The van der Waals surface area contributed by atoms with Gasteiger partial charge in [0, 0.05) is 37.7 Å². The van der Waals surface area contributed by atoms with Gasteiger partial charge in [-0.1, -0.05) is 18.5 Å². The highest BCUT2D eigenvalue weighted by molar-refractivity contribution is 6.29. The Kier molecular flexibility index (Phi) is 3.39. The van der Waals surface area contributed by atoms with Crippen LogP contribution in [0.25, 0.3) is 0 Å². The molecule has 1 aliphatic heterocycles. The van der Waals surface area contributed by atoms with Gasteiger partial charge in [0.1, 0.15) is 16.8 Å². The van der Waals surface area contributed by atoms with Gasteiger partial charge in [0.05, 0.1) is 0 Å². The summed E-state index contributed by atoms with van der Waals surface area (Å²) in [5.74, 6) is 1.68. The Bertz CT molecular complexity index is 433. The Morgan fingerprint density at radius 1 is 1.39 bits per heavy atom. The minimum atomic E-state index is 0.501. The number of hydrogen-bond donors (Lipinski definition) is 1. The van der Waals surface area contributed by atoms with E-state index in [4.69, 9.17) is 11.6 Å². The Balaban J connectivity index is 1.63. The molecule has 1 aromatic heterocycles. The lowest BCUT2D eigenvalue weighted by molar-refractivity contribution is 0.326. The summed E-state index contributed by atoms with van der Waals surface area (Å²) >= 11 is 6.00. The third-order valence-electron chi connectivity index (χ3n) is 3.69. The Morgan fingerprint density at radius 2 is 2.22 bits per heavy atom. The number of likely N-dealkylation sites (tertiary alicyclic amines) is 1. The summed E-state index contributed by atoms with van der Waals surface area (Å²) in [5, 5.41) is 4.02. The molecule has 0 amide bonds. The van der Waals surface area contributed by atoms with E-state index in [-0.39, 0.29) is 0 Å². The molecule has 0 bridgehead atoms. The van der Waals surface area contributed by atoms with Gasteiger partial charge in [-0.25, -0.2) is 9.97 Å². The number of halogens is 1. The molecule has 1 unspecified atom stereocenters. The molecule has 1 saturated carbocycles. The zero-order valence-electron chi connectivity index (χ0n) is 10.7. The van der Waals surface area contributed by atoms with E-state index in [0.717, 1.165) is 30.6 Å². The monoisotopic (exact) mass is 266 g/mol. The molecule has 1 aliphatic carbocycles. The van der Waals surface area contributed by atoms with Crippen molar-refractivity contribution in [3.05, 3.63) is 17.0 Å². The number of rotatable bonds is 4. The van der Waals surface area contributed by atoms with E-state index in [2.05, 4.69) is 20.2 Å². The second-order valence-electron chi connectivity index (χ2n) is 5.20. The molecular weight excluding hydrogens is 248 g/mol. The van der Waals surface area contributed by atoms with Gasteiger partial charge in [-0.2, -0.15) is 0 Å². The van der Waals surface area contributed by atoms with Crippen molar-refractivity contribution in [2.24, 2.45) is 0 Å². The summed E-state index contributed by atoms with van der Waals surface area (Å²) in [5.41, 5.74) is 0. The summed E-state index contributed by atoms with van der Waals surface area (Å²) in [6, 6.07) is 3.18. The van der Waals surface area contributed by atoms with Crippen molar-refractivity contribution < 1.29 is 0 Å². The molecule has 18 heavy (non-hydrogen) atoms. The van der Waals surface area contributed by atoms with E-state index in [1.165, 1.54) is 25.8 Å². The molecular formula is C13H19ClN4. The fourth-order valence-electron chi connectivity index (χ4n) is 2.58. The van der Waals surface area contributed by atoms with Gasteiger partial charge in [-0.3, -0.25) is 4.90 Å². The highest BCUT2D eigenvalue weighted by Crippen LogP contribution is 2.30. The van der Waals surface area contributed by atoms with Crippen molar-refractivity contribution in [1.29, 1.82) is 0 Å². The minimum absolute atomic E-state index is 0.501. The molecule has 2 fully saturated rings. The van der Waals surface area contributed by atoms with E-state index < -0.39 is 0 Å². The first kappa shape index (κ1) is 12.2. The van der Waals surface area contributed by atoms with Gasteiger partial charge < -0.3 is 5.32 Å². The molecule has 98 valence electrons. The average molecular weight is 267 g/mol. The second kappa shape index (κ2) is 5.02. The van der Waals surface area contributed by atoms with Crippen molar-refractivity contribution in [3.63, 3.8) is 0 Å². The maximum atomic E-state index is 6.00. The first-order valence-corrected chi connectivity index (χ1v) is 7.16. The Hall–Kier alpha value is -0.870. The lowest BCUT2D eigenvalue weighted by Crippen LogP contribution is -2.28. The molecule has 4 nitrogen and oxygen atoms in total. The highest BCUT2D eigenvalue weighted by Gasteiger charge is 2.34. The number of hydrogen-bond acceptors (Lipinski definition) is 4. The molecule has 1 aromatic rings. The number of anilines is 1. The van der Waals surface area contributed by atoms with Gasteiger partial charge in [0.15, 0.2) is 0 Å². The van der Waals surface area contributed by atoms with Gasteiger partial charge >= 0.3 is 0 Å². The molecule has 3 rings (SSSR count). The summed E-state index contributed by atoms with van der Waals surface area (Å²) in [6.45, 7) is 4.38. The van der Waals surface area contributed by atoms with E-state index >= 15 is 0 Å². The fourth-order valence-corrected chi connectivity index (χ4v) is 2.78. The first-order valence-electron chi connectivity index (χ1n) is 6.78. The van der Waals surface area contributed by atoms with Crippen molar-refractivity contribution in [3.8, 4) is 0 Å². The second-order valence-corrected chi connectivity index (χ2v) is 5.59. The predicted molar refractivity (Wildman–Crippen MR) is 73.0 cm³/mol. The molecule has 2 heterocycles. The number of nitrogens with one attached hydrogen (secondary N) is 1. The summed E-state index contributed by atoms with van der Waals surface area (Å²) in [7, 11) is 0. The third kappa shape index (κ3) is 2.75. The van der Waals surface area contributed by atoms with Crippen LogP contribution in [-0.2, 0) is 6.42 Å². The number of aromatic nitrogens is 2. The van der Waals surface area contributed by atoms with Crippen molar-refractivity contribution in [2.45, 2.75) is 44.7 Å². The van der Waals surface area contributed by atoms with Crippen LogP contribution in [0.3, 0.4) is 0 Å². The van der Waals surface area contributed by atoms with Crippen molar-refractivity contribution >= 4 is 17.4 Å². The number of aryl methyl sites for hydroxylation is 1. The molecule has 5 heteroatoms. The summed E-state index contributed by atoms with van der Waals surface area (Å²) in [4.78, 5) is 11.2. The molecule has 0 radical (unpaired) electrons. The van der Waals surface area contributed by atoms with Crippen LogP contribution in [-0.4, -0.2) is 40.0 Å². The van der Waals surface area contributed by atoms with Crippen LogP contribution >= 0.6 is 11.6 Å². The van der Waals surface area contributed by atoms with E-state index in [1.807, 2.05) is 13.0 Å². The van der Waals surface area contributed by atoms with E-state index in [0.29, 0.717) is 11.2 Å². The molecule has 1 N–H and O–H groups in total. The molecule has 0 aromatic carbocycles. The zero-order valence-corrected chi connectivity index (χ0v) is 11.5. The van der Waals surface area contributed by atoms with E-state index in [9.17, 15) is 0 Å². The SMILES string of the molecule is CCc1nc(Cl)cc(NC2CCN(C3CC3)C2)n1. The quantitative estimate of drug-likeness (QED) is 0.850. The molecule has 1 atom stereocenters. The van der Waals surface area contributed by atoms with Crippen LogP contribution in [0.15, 0.2) is 6.07 Å².